The molecule has 0 bridgehead atoms. The maximum absolute atomic E-state index is 12.1. The highest BCUT2D eigenvalue weighted by atomic mass is 16.6. The summed E-state index contributed by atoms with van der Waals surface area (Å²) in [6.45, 7) is 3.98. The van der Waals surface area contributed by atoms with E-state index >= 15 is 0 Å². The zero-order valence-electron chi connectivity index (χ0n) is 29.8. The summed E-state index contributed by atoms with van der Waals surface area (Å²) in [5.74, 6) is -0.630. The summed E-state index contributed by atoms with van der Waals surface area (Å²) in [6, 6.07) is 0. The van der Waals surface area contributed by atoms with Gasteiger partial charge in [0.2, 0.25) is 0 Å². The van der Waals surface area contributed by atoms with Crippen LogP contribution in [-0.4, -0.2) is 36.4 Å². The fraction of sp³-hybridized carbons (Fsp3) is 0.707. The average Bonchev–Trinajstić information content (AvgIpc) is 3.06. The third-order valence-corrected chi connectivity index (χ3v) is 7.83. The predicted octanol–water partition coefficient (Wildman–Crippen LogP) is 11.6. The molecule has 264 valence electrons. The van der Waals surface area contributed by atoms with Gasteiger partial charge < -0.3 is 14.6 Å². The van der Waals surface area contributed by atoms with Crippen LogP contribution in [0.2, 0.25) is 0 Å². The van der Waals surface area contributed by atoms with Gasteiger partial charge in [0, 0.05) is 12.8 Å². The number of esters is 2. The van der Waals surface area contributed by atoms with Crippen LogP contribution in [0, 0.1) is 0 Å². The molecule has 0 saturated heterocycles. The van der Waals surface area contributed by atoms with Gasteiger partial charge in [-0.2, -0.15) is 0 Å². The lowest BCUT2D eigenvalue weighted by Gasteiger charge is -2.15. The van der Waals surface area contributed by atoms with Crippen molar-refractivity contribution in [2.75, 3.05) is 13.2 Å². The SMILES string of the molecule is CC/C=C\C/C=C\C/C=C\C/C=C\C/C=C\CCCCCC(=O)OC(CO)COC(=O)CCCCCCCCCCCCCCC. The van der Waals surface area contributed by atoms with E-state index in [0.717, 1.165) is 77.0 Å². The number of carbonyl (C=O) groups excluding carboxylic acids is 2. The van der Waals surface area contributed by atoms with Crippen molar-refractivity contribution in [1.82, 2.24) is 0 Å². The van der Waals surface area contributed by atoms with Gasteiger partial charge in [0.15, 0.2) is 6.10 Å². The Morgan fingerprint density at radius 3 is 1.41 bits per heavy atom. The second kappa shape index (κ2) is 37.1. The summed E-state index contributed by atoms with van der Waals surface area (Å²) in [7, 11) is 0. The Morgan fingerprint density at radius 1 is 0.522 bits per heavy atom. The summed E-state index contributed by atoms with van der Waals surface area (Å²) < 4.78 is 10.6. The maximum atomic E-state index is 12.1. The van der Waals surface area contributed by atoms with Crippen LogP contribution >= 0.6 is 0 Å². The molecular weight excluding hydrogens is 572 g/mol. The van der Waals surface area contributed by atoms with Gasteiger partial charge in [-0.15, -0.1) is 0 Å². The van der Waals surface area contributed by atoms with E-state index < -0.39 is 6.10 Å². The highest BCUT2D eigenvalue weighted by molar-refractivity contribution is 5.70. The van der Waals surface area contributed by atoms with Crippen molar-refractivity contribution in [3.05, 3.63) is 60.8 Å². The van der Waals surface area contributed by atoms with E-state index in [2.05, 4.69) is 74.6 Å². The normalized spacial score (nSPS) is 12.8. The van der Waals surface area contributed by atoms with Gasteiger partial charge in [0.25, 0.3) is 0 Å². The van der Waals surface area contributed by atoms with Crippen molar-refractivity contribution >= 4 is 11.9 Å². The van der Waals surface area contributed by atoms with Gasteiger partial charge in [0.1, 0.15) is 6.61 Å². The third-order valence-electron chi connectivity index (χ3n) is 7.83. The second-order valence-electron chi connectivity index (χ2n) is 12.3. The number of allylic oxidation sites excluding steroid dienone is 10. The first-order chi connectivity index (χ1) is 22.6. The Morgan fingerprint density at radius 2 is 0.935 bits per heavy atom. The standard InChI is InChI=1S/C41H70O5/c1-3-5-7-9-11-13-15-17-18-19-20-21-22-24-26-28-30-32-34-36-41(44)46-39(37-42)38-45-40(43)35-33-31-29-27-25-23-16-14-12-10-8-6-4-2/h5,7,11,13,17-18,20-21,24,26,39,42H,3-4,6,8-10,12,14-16,19,22-23,25,27-38H2,1-2H3/b7-5-,13-11-,18-17-,21-20-,26-24-. The van der Waals surface area contributed by atoms with Crippen LogP contribution in [0.1, 0.15) is 168 Å². The van der Waals surface area contributed by atoms with Crippen molar-refractivity contribution in [3.63, 3.8) is 0 Å². The molecule has 0 rings (SSSR count). The lowest BCUT2D eigenvalue weighted by Crippen LogP contribution is -2.28. The summed E-state index contributed by atoms with van der Waals surface area (Å²) in [5.41, 5.74) is 0. The van der Waals surface area contributed by atoms with Crippen LogP contribution < -0.4 is 0 Å². The Bertz CT molecular complexity index is 823. The molecule has 0 aliphatic rings. The van der Waals surface area contributed by atoms with Gasteiger partial charge in [-0.25, -0.2) is 0 Å². The van der Waals surface area contributed by atoms with E-state index in [1.807, 2.05) is 0 Å². The van der Waals surface area contributed by atoms with E-state index in [4.69, 9.17) is 9.47 Å². The molecule has 0 heterocycles. The average molecular weight is 643 g/mol. The monoisotopic (exact) mass is 643 g/mol. The molecule has 0 spiro atoms. The molecule has 5 heteroatoms. The first-order valence-electron chi connectivity index (χ1n) is 18.8. The van der Waals surface area contributed by atoms with E-state index in [-0.39, 0.29) is 25.2 Å². The van der Waals surface area contributed by atoms with Crippen molar-refractivity contribution in [3.8, 4) is 0 Å². The highest BCUT2D eigenvalue weighted by Gasteiger charge is 2.16. The first-order valence-corrected chi connectivity index (χ1v) is 18.8. The predicted molar refractivity (Wildman–Crippen MR) is 196 cm³/mol. The second-order valence-corrected chi connectivity index (χ2v) is 12.3. The van der Waals surface area contributed by atoms with Gasteiger partial charge >= 0.3 is 11.9 Å². The van der Waals surface area contributed by atoms with Crippen LogP contribution in [-0.2, 0) is 19.1 Å². The minimum atomic E-state index is -0.788. The molecule has 0 amide bonds. The van der Waals surface area contributed by atoms with Crippen molar-refractivity contribution < 1.29 is 24.2 Å². The van der Waals surface area contributed by atoms with Crippen LogP contribution in [0.3, 0.4) is 0 Å². The fourth-order valence-electron chi connectivity index (χ4n) is 4.99. The van der Waals surface area contributed by atoms with Crippen molar-refractivity contribution in [2.24, 2.45) is 0 Å². The quantitative estimate of drug-likeness (QED) is 0.0438. The number of hydrogen-bond donors (Lipinski definition) is 1. The van der Waals surface area contributed by atoms with E-state index in [0.29, 0.717) is 12.8 Å². The molecule has 0 aromatic heterocycles. The fourth-order valence-corrected chi connectivity index (χ4v) is 4.99. The van der Waals surface area contributed by atoms with Crippen LogP contribution in [0.15, 0.2) is 60.8 Å². The number of carbonyl (C=O) groups is 2. The molecule has 0 aliphatic carbocycles. The molecule has 0 radical (unpaired) electrons. The Balaban J connectivity index is 3.66. The molecule has 1 N–H and O–H groups in total. The number of unbranched alkanes of at least 4 members (excludes halogenated alkanes) is 15. The van der Waals surface area contributed by atoms with Crippen molar-refractivity contribution in [1.29, 1.82) is 0 Å². The van der Waals surface area contributed by atoms with Crippen molar-refractivity contribution in [2.45, 2.75) is 174 Å². The molecule has 1 atom stereocenters. The smallest absolute Gasteiger partial charge is 0.306 e. The molecule has 1 unspecified atom stereocenters. The van der Waals surface area contributed by atoms with Gasteiger partial charge in [-0.05, 0) is 57.8 Å². The summed E-state index contributed by atoms with van der Waals surface area (Å²) in [5, 5.41) is 9.53. The van der Waals surface area contributed by atoms with Crippen LogP contribution in [0.4, 0.5) is 0 Å². The van der Waals surface area contributed by atoms with Gasteiger partial charge in [-0.1, -0.05) is 158 Å². The number of hydrogen-bond acceptors (Lipinski definition) is 5. The number of rotatable bonds is 33. The maximum Gasteiger partial charge on any atom is 0.306 e. The minimum Gasteiger partial charge on any atom is -0.462 e. The minimum absolute atomic E-state index is 0.0798. The topological polar surface area (TPSA) is 72.8 Å². The van der Waals surface area contributed by atoms with E-state index in [9.17, 15) is 14.7 Å². The van der Waals surface area contributed by atoms with Gasteiger partial charge in [-0.3, -0.25) is 9.59 Å². The number of ether oxygens (including phenoxy) is 2. The molecule has 0 aromatic carbocycles. The third kappa shape index (κ3) is 34.5. The zero-order valence-corrected chi connectivity index (χ0v) is 29.8. The number of aliphatic hydroxyl groups excluding tert-OH is 1. The molecular formula is C41H70O5. The van der Waals surface area contributed by atoms with Crippen LogP contribution in [0.5, 0.6) is 0 Å². The summed E-state index contributed by atoms with van der Waals surface area (Å²) >= 11 is 0. The molecule has 46 heavy (non-hydrogen) atoms. The highest BCUT2D eigenvalue weighted by Crippen LogP contribution is 2.13. The van der Waals surface area contributed by atoms with Crippen LogP contribution in [0.25, 0.3) is 0 Å². The molecule has 0 fully saturated rings. The molecule has 0 aromatic rings. The lowest BCUT2D eigenvalue weighted by molar-refractivity contribution is -0.161. The van der Waals surface area contributed by atoms with E-state index in [1.54, 1.807) is 0 Å². The summed E-state index contributed by atoms with van der Waals surface area (Å²) in [6.07, 6.45) is 47.0. The van der Waals surface area contributed by atoms with E-state index in [1.165, 1.54) is 64.2 Å². The van der Waals surface area contributed by atoms with Gasteiger partial charge in [0.05, 0.1) is 6.61 Å². The summed E-state index contributed by atoms with van der Waals surface area (Å²) in [4.78, 5) is 24.2. The molecule has 5 nitrogen and oxygen atoms in total. The lowest BCUT2D eigenvalue weighted by atomic mass is 10.0. The Kier molecular flexibility index (Phi) is 35.1. The molecule has 0 saturated carbocycles. The first kappa shape index (κ1) is 43.6. The molecule has 0 aliphatic heterocycles. The Hall–Kier alpha value is -2.40. The largest absolute Gasteiger partial charge is 0.462 e. The number of aliphatic hydroxyl groups is 1. The zero-order chi connectivity index (χ0) is 33.6. The Labute approximate surface area is 283 Å².